The Balaban J connectivity index is 1.81. The lowest BCUT2D eigenvalue weighted by Gasteiger charge is -2.26. The zero-order valence-electron chi connectivity index (χ0n) is 14.0. The molecular weight excluding hydrogens is 361 g/mol. The molecule has 5 nitrogen and oxygen atoms in total. The zero-order valence-corrected chi connectivity index (χ0v) is 15.5. The third-order valence-corrected chi connectivity index (χ3v) is 4.62. The summed E-state index contributed by atoms with van der Waals surface area (Å²) in [6.07, 6.45) is 3.66. The van der Waals surface area contributed by atoms with E-state index in [0.29, 0.717) is 22.2 Å². The quantitative estimate of drug-likeness (QED) is 0.707. The summed E-state index contributed by atoms with van der Waals surface area (Å²) in [7, 11) is 3.58. The van der Waals surface area contributed by atoms with Crippen molar-refractivity contribution in [3.05, 3.63) is 64.0 Å². The molecule has 3 aromatic rings. The van der Waals surface area contributed by atoms with E-state index in [1.807, 2.05) is 46.8 Å². The van der Waals surface area contributed by atoms with Gasteiger partial charge in [0.1, 0.15) is 5.75 Å². The lowest BCUT2D eigenvalue weighted by Crippen LogP contribution is -2.27. The van der Waals surface area contributed by atoms with Crippen LogP contribution in [0.15, 0.2) is 42.7 Å². The molecule has 1 aromatic carbocycles. The van der Waals surface area contributed by atoms with Crippen LogP contribution in [0.25, 0.3) is 5.65 Å². The van der Waals surface area contributed by atoms with Gasteiger partial charge in [0, 0.05) is 18.9 Å². The number of hydrogen-bond acceptors (Lipinski definition) is 4. The molecular formula is C18H19Cl2N3O2. The number of fused-ring (bicyclic) bond motifs is 1. The van der Waals surface area contributed by atoms with Crippen molar-refractivity contribution in [2.24, 2.45) is 0 Å². The third-order valence-electron chi connectivity index (χ3n) is 4.14. The molecule has 0 aliphatic rings. The van der Waals surface area contributed by atoms with Crippen molar-refractivity contribution in [2.75, 3.05) is 20.8 Å². The van der Waals surface area contributed by atoms with E-state index in [-0.39, 0.29) is 12.6 Å². The predicted molar refractivity (Wildman–Crippen MR) is 99.5 cm³/mol. The molecule has 25 heavy (non-hydrogen) atoms. The molecule has 3 rings (SSSR count). The molecule has 1 N–H and O–H groups in total. The topological polar surface area (TPSA) is 50.0 Å². The number of aliphatic hydroxyl groups excluding tert-OH is 1. The summed E-state index contributed by atoms with van der Waals surface area (Å²) in [5.74, 6) is 0.787. The number of aliphatic hydroxyl groups is 1. The maximum Gasteiger partial charge on any atom is 0.156 e. The van der Waals surface area contributed by atoms with E-state index >= 15 is 0 Å². The van der Waals surface area contributed by atoms with E-state index in [4.69, 9.17) is 27.9 Å². The molecule has 0 aliphatic heterocycles. The third kappa shape index (κ3) is 3.90. The summed E-state index contributed by atoms with van der Waals surface area (Å²) in [4.78, 5) is 6.60. The highest BCUT2D eigenvalue weighted by Crippen LogP contribution is 2.25. The normalized spacial score (nSPS) is 12.7. The van der Waals surface area contributed by atoms with E-state index in [0.717, 1.165) is 17.0 Å². The highest BCUT2D eigenvalue weighted by atomic mass is 35.5. The van der Waals surface area contributed by atoms with Crippen molar-refractivity contribution >= 4 is 28.8 Å². The van der Waals surface area contributed by atoms with Crippen LogP contribution in [0.1, 0.15) is 17.3 Å². The monoisotopic (exact) mass is 379 g/mol. The van der Waals surface area contributed by atoms with Crippen LogP contribution in [0.3, 0.4) is 0 Å². The fourth-order valence-electron chi connectivity index (χ4n) is 2.84. The average Bonchev–Trinajstić information content (AvgIpc) is 2.98. The molecule has 0 radical (unpaired) electrons. The van der Waals surface area contributed by atoms with Crippen LogP contribution in [0.5, 0.6) is 5.75 Å². The van der Waals surface area contributed by atoms with Crippen molar-refractivity contribution in [1.29, 1.82) is 0 Å². The van der Waals surface area contributed by atoms with E-state index in [1.54, 1.807) is 19.4 Å². The van der Waals surface area contributed by atoms with E-state index in [1.165, 1.54) is 0 Å². The molecule has 2 heterocycles. The van der Waals surface area contributed by atoms with Gasteiger partial charge < -0.3 is 14.2 Å². The van der Waals surface area contributed by atoms with Crippen LogP contribution in [-0.4, -0.2) is 40.2 Å². The van der Waals surface area contributed by atoms with Crippen LogP contribution >= 0.6 is 23.2 Å². The standard InChI is InChI=1S/C18H19Cl2N3O2/c1-22(17(11-24)12-3-5-15(25-2)6-4-12)9-14-10-23-8-13(19)7-16(20)18(23)21-14/h3-8,10,17,24H,9,11H2,1-2H3. The fourth-order valence-corrected chi connectivity index (χ4v) is 3.37. The Hall–Kier alpha value is -1.79. The summed E-state index contributed by atoms with van der Waals surface area (Å²) in [5, 5.41) is 10.9. The number of benzene rings is 1. The number of halogens is 2. The molecule has 0 amide bonds. The first-order chi connectivity index (χ1) is 12.0. The summed E-state index contributed by atoms with van der Waals surface area (Å²) < 4.78 is 7.00. The molecule has 1 atom stereocenters. The Bertz CT molecular complexity index is 865. The first-order valence-corrected chi connectivity index (χ1v) is 8.55. The minimum Gasteiger partial charge on any atom is -0.497 e. The molecule has 132 valence electrons. The van der Waals surface area contributed by atoms with E-state index < -0.39 is 0 Å². The maximum absolute atomic E-state index is 9.84. The van der Waals surface area contributed by atoms with Crippen LogP contribution in [0.2, 0.25) is 10.0 Å². The van der Waals surface area contributed by atoms with E-state index in [9.17, 15) is 5.11 Å². The number of likely N-dealkylation sites (N-methyl/N-ethyl adjacent to an activating group) is 1. The summed E-state index contributed by atoms with van der Waals surface area (Å²) in [6.45, 7) is 0.565. The maximum atomic E-state index is 9.84. The Morgan fingerprint density at radius 3 is 2.60 bits per heavy atom. The molecule has 0 fully saturated rings. The van der Waals surface area contributed by atoms with Crippen LogP contribution in [0, 0.1) is 0 Å². The second-order valence-electron chi connectivity index (χ2n) is 5.86. The number of nitrogens with zero attached hydrogens (tertiary/aromatic N) is 3. The number of rotatable bonds is 6. The fraction of sp³-hybridized carbons (Fsp3) is 0.278. The lowest BCUT2D eigenvalue weighted by molar-refractivity contribution is 0.141. The van der Waals surface area contributed by atoms with Gasteiger partial charge >= 0.3 is 0 Å². The highest BCUT2D eigenvalue weighted by molar-refractivity contribution is 6.36. The second kappa shape index (κ2) is 7.62. The van der Waals surface area contributed by atoms with Crippen molar-refractivity contribution < 1.29 is 9.84 Å². The first kappa shape index (κ1) is 18.0. The van der Waals surface area contributed by atoms with Crippen molar-refractivity contribution in [3.8, 4) is 5.75 Å². The van der Waals surface area contributed by atoms with Gasteiger partial charge in [-0.15, -0.1) is 0 Å². The molecule has 1 unspecified atom stereocenters. The summed E-state index contributed by atoms with van der Waals surface area (Å²) >= 11 is 12.2. The number of pyridine rings is 1. The minimum absolute atomic E-state index is 0.00276. The van der Waals surface area contributed by atoms with Crippen LogP contribution in [-0.2, 0) is 6.54 Å². The Labute approximate surface area is 156 Å². The van der Waals surface area contributed by atoms with Gasteiger partial charge in [-0.3, -0.25) is 4.90 Å². The first-order valence-electron chi connectivity index (χ1n) is 7.79. The van der Waals surface area contributed by atoms with Crippen LogP contribution < -0.4 is 4.74 Å². The number of aromatic nitrogens is 2. The zero-order chi connectivity index (χ0) is 18.0. The Morgan fingerprint density at radius 2 is 1.96 bits per heavy atom. The number of hydrogen-bond donors (Lipinski definition) is 1. The summed E-state index contributed by atoms with van der Waals surface area (Å²) in [5.41, 5.74) is 2.52. The molecule has 0 aliphatic carbocycles. The molecule has 2 aromatic heterocycles. The lowest BCUT2D eigenvalue weighted by atomic mass is 10.1. The van der Waals surface area contributed by atoms with Gasteiger partial charge in [0.25, 0.3) is 0 Å². The van der Waals surface area contributed by atoms with Gasteiger partial charge in [-0.1, -0.05) is 35.3 Å². The smallest absolute Gasteiger partial charge is 0.156 e. The number of imidazole rings is 1. The van der Waals surface area contributed by atoms with E-state index in [2.05, 4.69) is 4.98 Å². The largest absolute Gasteiger partial charge is 0.497 e. The van der Waals surface area contributed by atoms with Gasteiger partial charge in [-0.2, -0.15) is 0 Å². The Morgan fingerprint density at radius 1 is 1.24 bits per heavy atom. The molecule has 0 spiro atoms. The molecule has 7 heteroatoms. The SMILES string of the molecule is COc1ccc(C(CO)N(C)Cc2cn3cc(Cl)cc(Cl)c3n2)cc1. The highest BCUT2D eigenvalue weighted by Gasteiger charge is 2.18. The van der Waals surface area contributed by atoms with Crippen molar-refractivity contribution in [1.82, 2.24) is 14.3 Å². The van der Waals surface area contributed by atoms with Gasteiger partial charge in [0.2, 0.25) is 0 Å². The minimum atomic E-state index is -0.144. The van der Waals surface area contributed by atoms with Gasteiger partial charge in [-0.05, 0) is 30.8 Å². The Kier molecular flexibility index (Phi) is 5.49. The number of methoxy groups -OCH3 is 1. The summed E-state index contributed by atoms with van der Waals surface area (Å²) in [6, 6.07) is 9.21. The van der Waals surface area contributed by atoms with Gasteiger partial charge in [0.05, 0.1) is 35.5 Å². The van der Waals surface area contributed by atoms with Gasteiger partial charge in [-0.25, -0.2) is 4.98 Å². The van der Waals surface area contributed by atoms with Crippen molar-refractivity contribution in [2.45, 2.75) is 12.6 Å². The van der Waals surface area contributed by atoms with Crippen molar-refractivity contribution in [3.63, 3.8) is 0 Å². The van der Waals surface area contributed by atoms with Crippen LogP contribution in [0.4, 0.5) is 0 Å². The molecule has 0 bridgehead atoms. The molecule has 0 saturated heterocycles. The van der Waals surface area contributed by atoms with Gasteiger partial charge in [0.15, 0.2) is 5.65 Å². The second-order valence-corrected chi connectivity index (χ2v) is 6.70. The predicted octanol–water partition coefficient (Wildman–Crippen LogP) is 3.82. The average molecular weight is 380 g/mol. The number of ether oxygens (including phenoxy) is 1. The molecule has 0 saturated carbocycles.